The monoisotopic (exact) mass is 374 g/mol. The zero-order chi connectivity index (χ0) is 19.3. The maximum Gasteiger partial charge on any atom is 0.227 e. The molecule has 2 aromatic carbocycles. The molecule has 1 aliphatic rings. The SMILES string of the molecule is Cc1cccc(-c2ccc(NC(=O)C3CCN(Cc4ccoc4)CC3)cc2)c1. The number of carbonyl (C=O) groups excluding carboxylic acids is 1. The Labute approximate surface area is 166 Å². The number of nitrogens with zero attached hydrogens (tertiary/aromatic N) is 1. The van der Waals surface area contributed by atoms with Crippen LogP contribution in [-0.4, -0.2) is 23.9 Å². The predicted molar refractivity (Wildman–Crippen MR) is 112 cm³/mol. The number of anilines is 1. The second-order valence-corrected chi connectivity index (χ2v) is 7.62. The average Bonchev–Trinajstić information content (AvgIpc) is 3.22. The van der Waals surface area contributed by atoms with E-state index in [1.165, 1.54) is 16.7 Å². The van der Waals surface area contributed by atoms with E-state index in [1.807, 2.05) is 18.2 Å². The van der Waals surface area contributed by atoms with Crippen molar-refractivity contribution in [3.8, 4) is 11.1 Å². The zero-order valence-corrected chi connectivity index (χ0v) is 16.2. The molecule has 0 spiro atoms. The van der Waals surface area contributed by atoms with Crippen molar-refractivity contribution in [2.45, 2.75) is 26.3 Å². The number of aryl methyl sites for hydroxylation is 1. The normalized spacial score (nSPS) is 15.5. The Morgan fingerprint density at radius 2 is 1.86 bits per heavy atom. The van der Waals surface area contributed by atoms with E-state index in [4.69, 9.17) is 4.42 Å². The van der Waals surface area contributed by atoms with Crippen molar-refractivity contribution in [3.05, 3.63) is 78.3 Å². The minimum Gasteiger partial charge on any atom is -0.472 e. The number of carbonyl (C=O) groups is 1. The predicted octanol–water partition coefficient (Wildman–Crippen LogP) is 5.11. The molecule has 0 radical (unpaired) electrons. The van der Waals surface area contributed by atoms with Gasteiger partial charge in [0, 0.05) is 23.7 Å². The number of nitrogens with one attached hydrogen (secondary N) is 1. The van der Waals surface area contributed by atoms with Gasteiger partial charge in [-0.2, -0.15) is 0 Å². The maximum absolute atomic E-state index is 12.6. The summed E-state index contributed by atoms with van der Waals surface area (Å²) in [4.78, 5) is 15.0. The van der Waals surface area contributed by atoms with Crippen LogP contribution >= 0.6 is 0 Å². The molecule has 1 amide bonds. The summed E-state index contributed by atoms with van der Waals surface area (Å²) in [6.07, 6.45) is 5.29. The molecule has 1 N–H and O–H groups in total. The van der Waals surface area contributed by atoms with E-state index >= 15 is 0 Å². The van der Waals surface area contributed by atoms with Crippen LogP contribution in [0.25, 0.3) is 11.1 Å². The first-order valence-corrected chi connectivity index (χ1v) is 9.89. The van der Waals surface area contributed by atoms with Crippen LogP contribution in [-0.2, 0) is 11.3 Å². The topological polar surface area (TPSA) is 45.5 Å². The van der Waals surface area contributed by atoms with Gasteiger partial charge >= 0.3 is 0 Å². The molecule has 4 rings (SSSR count). The molecule has 3 aromatic rings. The number of hydrogen-bond acceptors (Lipinski definition) is 3. The van der Waals surface area contributed by atoms with Crippen LogP contribution in [0, 0.1) is 12.8 Å². The third kappa shape index (κ3) is 4.52. The van der Waals surface area contributed by atoms with E-state index in [2.05, 4.69) is 53.5 Å². The summed E-state index contributed by atoms with van der Waals surface area (Å²) < 4.78 is 5.13. The molecule has 1 aliphatic heterocycles. The summed E-state index contributed by atoms with van der Waals surface area (Å²) >= 11 is 0. The van der Waals surface area contributed by atoms with Gasteiger partial charge in [-0.3, -0.25) is 9.69 Å². The van der Waals surface area contributed by atoms with E-state index in [-0.39, 0.29) is 11.8 Å². The average molecular weight is 374 g/mol. The van der Waals surface area contributed by atoms with E-state index in [1.54, 1.807) is 12.5 Å². The largest absolute Gasteiger partial charge is 0.472 e. The van der Waals surface area contributed by atoms with Crippen LogP contribution < -0.4 is 5.32 Å². The quantitative estimate of drug-likeness (QED) is 0.675. The van der Waals surface area contributed by atoms with Gasteiger partial charge in [-0.05, 0) is 62.2 Å². The van der Waals surface area contributed by atoms with Crippen molar-refractivity contribution in [2.24, 2.45) is 5.92 Å². The summed E-state index contributed by atoms with van der Waals surface area (Å²) in [7, 11) is 0. The van der Waals surface area contributed by atoms with Gasteiger partial charge < -0.3 is 9.73 Å². The van der Waals surface area contributed by atoms with Crippen molar-refractivity contribution in [1.29, 1.82) is 0 Å². The molecule has 0 aliphatic carbocycles. The van der Waals surface area contributed by atoms with Crippen molar-refractivity contribution >= 4 is 11.6 Å². The van der Waals surface area contributed by atoms with Crippen LogP contribution in [0.4, 0.5) is 5.69 Å². The Hall–Kier alpha value is -2.85. The molecule has 28 heavy (non-hydrogen) atoms. The number of amides is 1. The molecule has 4 nitrogen and oxygen atoms in total. The fourth-order valence-electron chi connectivity index (χ4n) is 3.81. The molecule has 0 atom stereocenters. The third-order valence-electron chi connectivity index (χ3n) is 5.45. The smallest absolute Gasteiger partial charge is 0.227 e. The fraction of sp³-hybridized carbons (Fsp3) is 0.292. The van der Waals surface area contributed by atoms with E-state index in [9.17, 15) is 4.79 Å². The molecule has 0 unspecified atom stereocenters. The lowest BCUT2D eigenvalue weighted by Crippen LogP contribution is -2.37. The maximum atomic E-state index is 12.6. The Morgan fingerprint density at radius 3 is 2.54 bits per heavy atom. The van der Waals surface area contributed by atoms with Crippen LogP contribution in [0.15, 0.2) is 71.5 Å². The number of likely N-dealkylation sites (tertiary alicyclic amines) is 1. The molecule has 1 fully saturated rings. The van der Waals surface area contributed by atoms with Gasteiger partial charge in [-0.25, -0.2) is 0 Å². The van der Waals surface area contributed by atoms with Gasteiger partial charge in [-0.15, -0.1) is 0 Å². The Balaban J connectivity index is 1.30. The summed E-state index contributed by atoms with van der Waals surface area (Å²) in [5.74, 6) is 0.211. The van der Waals surface area contributed by atoms with E-state index in [0.29, 0.717) is 0 Å². The van der Waals surface area contributed by atoms with Gasteiger partial charge in [0.1, 0.15) is 0 Å². The first kappa shape index (κ1) is 18.5. The third-order valence-corrected chi connectivity index (χ3v) is 5.45. The summed E-state index contributed by atoms with van der Waals surface area (Å²) in [6.45, 7) is 4.87. The van der Waals surface area contributed by atoms with E-state index < -0.39 is 0 Å². The van der Waals surface area contributed by atoms with Crippen LogP contribution in [0.1, 0.15) is 24.0 Å². The molecular formula is C24H26N2O2. The minimum absolute atomic E-state index is 0.0806. The second-order valence-electron chi connectivity index (χ2n) is 7.62. The Morgan fingerprint density at radius 1 is 1.07 bits per heavy atom. The van der Waals surface area contributed by atoms with Crippen LogP contribution in [0.2, 0.25) is 0 Å². The highest BCUT2D eigenvalue weighted by Crippen LogP contribution is 2.24. The Bertz CT molecular complexity index is 908. The molecule has 144 valence electrons. The highest BCUT2D eigenvalue weighted by molar-refractivity contribution is 5.92. The molecule has 4 heteroatoms. The second kappa shape index (κ2) is 8.44. The molecule has 1 saturated heterocycles. The lowest BCUT2D eigenvalue weighted by molar-refractivity contribution is -0.121. The van der Waals surface area contributed by atoms with Crippen molar-refractivity contribution in [2.75, 3.05) is 18.4 Å². The number of furan rings is 1. The van der Waals surface area contributed by atoms with Crippen molar-refractivity contribution in [1.82, 2.24) is 4.90 Å². The summed E-state index contributed by atoms with van der Waals surface area (Å²) in [5.41, 5.74) is 5.66. The summed E-state index contributed by atoms with van der Waals surface area (Å²) in [5, 5.41) is 3.09. The zero-order valence-electron chi connectivity index (χ0n) is 16.2. The van der Waals surface area contributed by atoms with Gasteiger partial charge in [0.25, 0.3) is 0 Å². The molecule has 0 saturated carbocycles. The van der Waals surface area contributed by atoms with Gasteiger partial charge in [-0.1, -0.05) is 42.0 Å². The van der Waals surface area contributed by atoms with Gasteiger partial charge in [0.15, 0.2) is 0 Å². The lowest BCUT2D eigenvalue weighted by atomic mass is 9.95. The fourth-order valence-corrected chi connectivity index (χ4v) is 3.81. The van der Waals surface area contributed by atoms with Crippen molar-refractivity contribution in [3.63, 3.8) is 0 Å². The highest BCUT2D eigenvalue weighted by Gasteiger charge is 2.25. The summed E-state index contributed by atoms with van der Waals surface area (Å²) in [6, 6.07) is 18.6. The van der Waals surface area contributed by atoms with Crippen LogP contribution in [0.3, 0.4) is 0 Å². The standard InChI is InChI=1S/C24H26N2O2/c1-18-3-2-4-22(15-18)20-5-7-23(8-6-20)25-24(27)21-9-12-26(13-10-21)16-19-11-14-28-17-19/h2-8,11,14-15,17,21H,9-10,12-13,16H2,1H3,(H,25,27). The number of rotatable bonds is 5. The minimum atomic E-state index is 0.0806. The number of hydrogen-bond donors (Lipinski definition) is 1. The first-order valence-electron chi connectivity index (χ1n) is 9.89. The lowest BCUT2D eigenvalue weighted by Gasteiger charge is -2.30. The molecular weight excluding hydrogens is 348 g/mol. The number of piperidine rings is 1. The number of benzene rings is 2. The highest BCUT2D eigenvalue weighted by atomic mass is 16.3. The van der Waals surface area contributed by atoms with Crippen molar-refractivity contribution < 1.29 is 9.21 Å². The molecule has 2 heterocycles. The van der Waals surface area contributed by atoms with E-state index in [0.717, 1.165) is 43.7 Å². The van der Waals surface area contributed by atoms with Gasteiger partial charge in [0.2, 0.25) is 5.91 Å². The Kier molecular flexibility index (Phi) is 5.58. The van der Waals surface area contributed by atoms with Gasteiger partial charge in [0.05, 0.1) is 12.5 Å². The molecule has 0 bridgehead atoms. The molecule has 1 aromatic heterocycles. The van der Waals surface area contributed by atoms with Crippen LogP contribution in [0.5, 0.6) is 0 Å². The first-order chi connectivity index (χ1) is 13.7.